The molecule has 0 aliphatic heterocycles. The Morgan fingerprint density at radius 3 is 1.87 bits per heavy atom. The lowest BCUT2D eigenvalue weighted by Crippen LogP contribution is -2.13. The molecule has 0 radical (unpaired) electrons. The van der Waals surface area contributed by atoms with Crippen LogP contribution in [0.4, 0.5) is 0 Å². The molecule has 0 atom stereocenters. The summed E-state index contributed by atoms with van der Waals surface area (Å²) < 4.78 is 0. The molecule has 0 saturated carbocycles. The molecule has 1 nitrogen and oxygen atoms in total. The maximum absolute atomic E-state index is 8.06. The SMILES string of the molecule is CC(C)O.Cl[Si](Cl)(Cl)Cc1ccccc1. The number of hydrogen-bond acceptors (Lipinski definition) is 1. The van der Waals surface area contributed by atoms with Gasteiger partial charge < -0.3 is 5.11 Å². The van der Waals surface area contributed by atoms with Gasteiger partial charge in [0, 0.05) is 12.1 Å². The molecule has 86 valence electrons. The van der Waals surface area contributed by atoms with Gasteiger partial charge >= 0.3 is 6.00 Å². The summed E-state index contributed by atoms with van der Waals surface area (Å²) in [6.07, 6.45) is -0.167. The summed E-state index contributed by atoms with van der Waals surface area (Å²) in [6.45, 7) is 3.44. The maximum atomic E-state index is 8.06. The van der Waals surface area contributed by atoms with Gasteiger partial charge in [0.25, 0.3) is 0 Å². The molecular formula is C10H15Cl3OSi. The summed E-state index contributed by atoms with van der Waals surface area (Å²) >= 11 is 17.2. The molecule has 0 amide bonds. The Morgan fingerprint density at radius 1 is 1.13 bits per heavy atom. The summed E-state index contributed by atoms with van der Waals surface area (Å²) in [5.74, 6) is 0. The monoisotopic (exact) mass is 284 g/mol. The van der Waals surface area contributed by atoms with Gasteiger partial charge in [0.15, 0.2) is 0 Å². The van der Waals surface area contributed by atoms with Crippen molar-refractivity contribution in [2.24, 2.45) is 0 Å². The number of hydrogen-bond donors (Lipinski definition) is 1. The van der Waals surface area contributed by atoms with Crippen LogP contribution in [0.25, 0.3) is 0 Å². The van der Waals surface area contributed by atoms with E-state index in [0.29, 0.717) is 6.04 Å². The van der Waals surface area contributed by atoms with E-state index in [4.69, 9.17) is 38.3 Å². The fourth-order valence-electron chi connectivity index (χ4n) is 0.827. The summed E-state index contributed by atoms with van der Waals surface area (Å²) in [7, 11) is 0. The molecule has 0 bridgehead atoms. The Bertz CT molecular complexity index is 256. The highest BCUT2D eigenvalue weighted by Crippen LogP contribution is 2.24. The summed E-state index contributed by atoms with van der Waals surface area (Å²) in [5, 5.41) is 8.06. The standard InChI is InChI=1S/C7H7Cl3Si.C3H8O/c8-11(9,10)6-7-4-2-1-3-5-7;1-3(2)4/h1-5H,6H2;3-4H,1-2H3. The first-order valence-electron chi connectivity index (χ1n) is 4.60. The topological polar surface area (TPSA) is 20.2 Å². The Hall–Kier alpha value is 0.267. The lowest BCUT2D eigenvalue weighted by atomic mass is 10.2. The highest BCUT2D eigenvalue weighted by Gasteiger charge is 2.24. The van der Waals surface area contributed by atoms with E-state index in [0.717, 1.165) is 5.56 Å². The lowest BCUT2D eigenvalue weighted by Gasteiger charge is -2.06. The third-order valence-corrected chi connectivity index (χ3v) is 3.26. The molecule has 0 spiro atoms. The highest BCUT2D eigenvalue weighted by molar-refractivity contribution is 7.64. The van der Waals surface area contributed by atoms with Gasteiger partial charge in [0.05, 0.1) is 0 Å². The fourth-order valence-corrected chi connectivity index (χ4v) is 2.91. The van der Waals surface area contributed by atoms with Gasteiger partial charge in [-0.3, -0.25) is 0 Å². The van der Waals surface area contributed by atoms with E-state index >= 15 is 0 Å². The summed E-state index contributed by atoms with van der Waals surface area (Å²) in [5.41, 5.74) is 1.10. The van der Waals surface area contributed by atoms with Crippen LogP contribution >= 0.6 is 33.2 Å². The second kappa shape index (κ2) is 7.53. The molecule has 1 aromatic carbocycles. The molecule has 0 aliphatic carbocycles. The molecule has 15 heavy (non-hydrogen) atoms. The zero-order valence-corrected chi connectivity index (χ0v) is 12.0. The molecular weight excluding hydrogens is 271 g/mol. The van der Waals surface area contributed by atoms with Crippen molar-refractivity contribution >= 4 is 39.2 Å². The van der Waals surface area contributed by atoms with Crippen LogP contribution in [0, 0.1) is 0 Å². The van der Waals surface area contributed by atoms with Crippen LogP contribution in [0.15, 0.2) is 30.3 Å². The van der Waals surface area contributed by atoms with Crippen molar-refractivity contribution < 1.29 is 5.11 Å². The van der Waals surface area contributed by atoms with Crippen molar-refractivity contribution in [3.63, 3.8) is 0 Å². The highest BCUT2D eigenvalue weighted by atomic mass is 35.8. The predicted molar refractivity (Wildman–Crippen MR) is 70.8 cm³/mol. The normalized spacial score (nSPS) is 10.9. The van der Waals surface area contributed by atoms with E-state index in [1.807, 2.05) is 30.3 Å². The first-order chi connectivity index (χ1) is 6.81. The quantitative estimate of drug-likeness (QED) is 0.647. The molecule has 5 heteroatoms. The third-order valence-electron chi connectivity index (χ3n) is 1.25. The molecule has 0 saturated heterocycles. The van der Waals surface area contributed by atoms with Crippen molar-refractivity contribution in [2.45, 2.75) is 26.0 Å². The fraction of sp³-hybridized carbons (Fsp3) is 0.400. The zero-order chi connectivity index (χ0) is 11.9. The summed E-state index contributed by atoms with van der Waals surface area (Å²) in [6, 6.07) is 7.89. The Labute approximate surface area is 106 Å². The number of aliphatic hydroxyl groups excluding tert-OH is 1. The minimum atomic E-state index is -2.48. The molecule has 0 unspecified atom stereocenters. The second-order valence-electron chi connectivity index (χ2n) is 3.37. The van der Waals surface area contributed by atoms with Gasteiger partial charge in [-0.1, -0.05) is 30.3 Å². The lowest BCUT2D eigenvalue weighted by molar-refractivity contribution is 0.216. The van der Waals surface area contributed by atoms with Crippen LogP contribution in [0.5, 0.6) is 0 Å². The molecule has 1 rings (SSSR count). The van der Waals surface area contributed by atoms with E-state index in [1.54, 1.807) is 13.8 Å². The van der Waals surface area contributed by atoms with Gasteiger partial charge in [-0.15, -0.1) is 33.2 Å². The van der Waals surface area contributed by atoms with E-state index in [9.17, 15) is 0 Å². The van der Waals surface area contributed by atoms with E-state index < -0.39 is 6.00 Å². The van der Waals surface area contributed by atoms with E-state index in [-0.39, 0.29) is 6.10 Å². The smallest absolute Gasteiger partial charge is 0.345 e. The molecule has 0 fully saturated rings. The van der Waals surface area contributed by atoms with Crippen LogP contribution in [0.1, 0.15) is 19.4 Å². The molecule has 1 aromatic rings. The summed E-state index contributed by atoms with van der Waals surface area (Å²) in [4.78, 5) is 0. The van der Waals surface area contributed by atoms with Gasteiger partial charge in [0.2, 0.25) is 0 Å². The predicted octanol–water partition coefficient (Wildman–Crippen LogP) is 3.81. The van der Waals surface area contributed by atoms with Crippen molar-refractivity contribution in [1.82, 2.24) is 0 Å². The maximum Gasteiger partial charge on any atom is 0.345 e. The average molecular weight is 286 g/mol. The van der Waals surface area contributed by atoms with Crippen molar-refractivity contribution in [1.29, 1.82) is 0 Å². The van der Waals surface area contributed by atoms with E-state index in [1.165, 1.54) is 0 Å². The third kappa shape index (κ3) is 12.2. The molecule has 1 N–H and O–H groups in total. The molecule has 0 aliphatic rings. The average Bonchev–Trinajstić information content (AvgIpc) is 2.01. The Morgan fingerprint density at radius 2 is 1.53 bits per heavy atom. The first-order valence-corrected chi connectivity index (χ1v) is 9.84. The van der Waals surface area contributed by atoms with Crippen molar-refractivity contribution in [3.8, 4) is 0 Å². The Kier molecular flexibility index (Phi) is 7.66. The Balaban J connectivity index is 0.000000423. The van der Waals surface area contributed by atoms with Crippen molar-refractivity contribution in [2.75, 3.05) is 0 Å². The van der Waals surface area contributed by atoms with E-state index in [2.05, 4.69) is 0 Å². The minimum Gasteiger partial charge on any atom is -0.394 e. The van der Waals surface area contributed by atoms with Crippen LogP contribution in [-0.2, 0) is 6.04 Å². The number of rotatable bonds is 2. The molecule has 0 heterocycles. The molecule has 0 aromatic heterocycles. The first kappa shape index (κ1) is 15.3. The van der Waals surface area contributed by atoms with Crippen LogP contribution in [0.2, 0.25) is 0 Å². The van der Waals surface area contributed by atoms with Crippen LogP contribution < -0.4 is 0 Å². The van der Waals surface area contributed by atoms with Crippen LogP contribution in [-0.4, -0.2) is 17.2 Å². The van der Waals surface area contributed by atoms with Crippen molar-refractivity contribution in [3.05, 3.63) is 35.9 Å². The zero-order valence-electron chi connectivity index (χ0n) is 8.75. The number of benzene rings is 1. The second-order valence-corrected chi connectivity index (χ2v) is 12.5. The van der Waals surface area contributed by atoms with Gasteiger partial charge in [-0.05, 0) is 19.4 Å². The van der Waals surface area contributed by atoms with Gasteiger partial charge in [-0.25, -0.2) is 0 Å². The van der Waals surface area contributed by atoms with Gasteiger partial charge in [0.1, 0.15) is 0 Å². The minimum absolute atomic E-state index is 0.167. The number of halogens is 3. The van der Waals surface area contributed by atoms with Gasteiger partial charge in [-0.2, -0.15) is 0 Å². The number of aliphatic hydroxyl groups is 1. The van der Waals surface area contributed by atoms with Crippen LogP contribution in [0.3, 0.4) is 0 Å². The largest absolute Gasteiger partial charge is 0.394 e.